The highest BCUT2D eigenvalue weighted by atomic mass is 32.2. The average molecular weight is 1860 g/mol. The van der Waals surface area contributed by atoms with Crippen LogP contribution in [-0.2, 0) is 24.0 Å². The number of nitrogens with zero attached hydrogens (tertiary/aromatic N) is 11. The van der Waals surface area contributed by atoms with Crippen LogP contribution in [0, 0.1) is 0 Å². The van der Waals surface area contributed by atoms with Gasteiger partial charge in [-0.1, -0.05) is 115 Å². The first-order chi connectivity index (χ1) is 67.8. The Morgan fingerprint density at radius 1 is 0.281 bits per heavy atom. The number of nitrogens with one attached hydrogen (secondary N) is 4. The van der Waals surface area contributed by atoms with Crippen molar-refractivity contribution in [3.63, 3.8) is 0 Å². The maximum Gasteiger partial charge on any atom is 0.298 e. The van der Waals surface area contributed by atoms with Gasteiger partial charge in [-0.2, -0.15) is 0 Å². The molecular weight excluding hydrogens is 1780 g/mol. The Bertz CT molecular complexity index is 7480. The molecule has 16 heterocycles. The summed E-state index contributed by atoms with van der Waals surface area (Å²) < 4.78 is 28.9. The highest BCUT2D eigenvalue weighted by molar-refractivity contribution is 8.15. The maximum atomic E-state index is 13.2. The first kappa shape index (κ1) is 93.1. The van der Waals surface area contributed by atoms with Gasteiger partial charge < -0.3 is 67.3 Å². The molecule has 0 saturated heterocycles. The van der Waals surface area contributed by atoms with Crippen LogP contribution in [0.1, 0.15) is 52.4 Å². The quantitative estimate of drug-likeness (QED) is 0.0162. The Labute approximate surface area is 796 Å². The molecule has 0 aliphatic heterocycles. The van der Waals surface area contributed by atoms with Crippen LogP contribution >= 0.6 is 11.8 Å². The molecule has 0 saturated carbocycles. The number of rotatable bonds is 24. The summed E-state index contributed by atoms with van der Waals surface area (Å²) in [6.07, 6.45) is 21.4. The van der Waals surface area contributed by atoms with Crippen LogP contribution in [0.2, 0.25) is 0 Å². The summed E-state index contributed by atoms with van der Waals surface area (Å²) in [5.74, 6) is -4.21. The second kappa shape index (κ2) is 43.5. The Balaban J connectivity index is 0.000000125. The van der Waals surface area contributed by atoms with Crippen molar-refractivity contribution in [2.24, 2.45) is 0 Å². The number of ether oxygens (including phenoxy) is 4. The predicted octanol–water partition coefficient (Wildman–Crippen LogP) is 18.9. The lowest BCUT2D eigenvalue weighted by atomic mass is 10.0. The number of phenols is 1. The number of hydrogen-bond acceptors (Lipinski definition) is 22. The van der Waals surface area contributed by atoms with Crippen molar-refractivity contribution in [1.82, 2.24) is 51.9 Å². The van der Waals surface area contributed by atoms with Crippen LogP contribution in [-0.4, -0.2) is 143 Å². The summed E-state index contributed by atoms with van der Waals surface area (Å²) in [4.78, 5) is 154. The summed E-state index contributed by atoms with van der Waals surface area (Å²) in [6, 6.07) is 92.0. The van der Waals surface area contributed by atoms with Gasteiger partial charge in [-0.05, 0) is 204 Å². The number of carbonyl (C=O) groups excluding carboxylic acids is 10. The van der Waals surface area contributed by atoms with Gasteiger partial charge >= 0.3 is 0 Å². The molecule has 0 bridgehead atoms. The minimum Gasteiger partial charge on any atom is -0.508 e. The van der Waals surface area contributed by atoms with E-state index in [0.717, 1.165) is 67.2 Å². The lowest BCUT2D eigenvalue weighted by Crippen LogP contribution is -2.24. The number of ketones is 5. The molecule has 20 aromatic rings. The van der Waals surface area contributed by atoms with E-state index in [1.807, 2.05) is 200 Å². The minimum atomic E-state index is -0.756. The molecule has 0 aliphatic rings. The third-order valence-corrected chi connectivity index (χ3v) is 22.5. The molecule has 4 amide bonds. The number of amides is 4. The number of carbonyl (C=O) groups is 10. The summed E-state index contributed by atoms with van der Waals surface area (Å²) in [7, 11) is 6.05. The molecule has 0 unspecified atom stereocenters. The fraction of sp³-hybridized carbons (Fsp3) is 0.0370. The van der Waals surface area contributed by atoms with Crippen molar-refractivity contribution in [2.45, 2.75) is 4.90 Å². The van der Waals surface area contributed by atoms with Crippen LogP contribution in [0.3, 0.4) is 0 Å². The van der Waals surface area contributed by atoms with Gasteiger partial charge in [-0.15, -0.1) is 0 Å². The van der Waals surface area contributed by atoms with Gasteiger partial charge in [-0.25, -0.2) is 15.0 Å². The molecule has 139 heavy (non-hydrogen) atoms. The number of benzene rings is 4. The molecule has 30 nitrogen and oxygen atoms in total. The Kier molecular flexibility index (Phi) is 29.1. The van der Waals surface area contributed by atoms with Gasteiger partial charge in [0.1, 0.15) is 40.0 Å². The largest absolute Gasteiger partial charge is 0.508 e. The number of hydrogen-bond donors (Lipinski definition) is 5. The third-order valence-electron chi connectivity index (χ3n) is 21.6. The smallest absolute Gasteiger partial charge is 0.298 e. The number of methoxy groups -OCH3 is 4. The lowest BCUT2D eigenvalue weighted by Gasteiger charge is -2.08. The predicted molar refractivity (Wildman–Crippen MR) is 528 cm³/mol. The molecular formula is C108H81N15O15S. The number of thioether (sulfide) groups is 1. The van der Waals surface area contributed by atoms with Crippen molar-refractivity contribution < 1.29 is 72.0 Å². The van der Waals surface area contributed by atoms with E-state index in [-0.39, 0.29) is 17.1 Å². The zero-order valence-corrected chi connectivity index (χ0v) is 75.3. The van der Waals surface area contributed by atoms with E-state index in [9.17, 15) is 53.1 Å². The monoisotopic (exact) mass is 1860 g/mol. The Morgan fingerprint density at radius 2 is 0.619 bits per heavy atom. The van der Waals surface area contributed by atoms with Crippen LogP contribution < -0.4 is 40.2 Å². The zero-order chi connectivity index (χ0) is 96.8. The molecule has 4 aromatic carbocycles. The lowest BCUT2D eigenvalue weighted by molar-refractivity contribution is -0.113. The summed E-state index contributed by atoms with van der Waals surface area (Å²) >= 11 is 0.887. The van der Waals surface area contributed by atoms with Crippen LogP contribution in [0.25, 0.3) is 83.3 Å². The van der Waals surface area contributed by atoms with Crippen molar-refractivity contribution in [1.29, 1.82) is 0 Å². The van der Waals surface area contributed by atoms with Crippen molar-refractivity contribution in [3.8, 4) is 84.9 Å². The van der Waals surface area contributed by atoms with Gasteiger partial charge in [0, 0.05) is 147 Å². The molecule has 0 atom stereocenters. The number of fused-ring (bicyclic) bond motifs is 5. The van der Waals surface area contributed by atoms with E-state index in [1.165, 1.54) is 64.2 Å². The molecule has 16 aromatic heterocycles. The first-order valence-corrected chi connectivity index (χ1v) is 43.6. The highest BCUT2D eigenvalue weighted by Crippen LogP contribution is 2.37. The number of para-hydroxylation sites is 1. The molecule has 684 valence electrons. The SMILES string of the molecule is COc1ccc(NC(=O)C(=O)c2c(-c3ccccn3)cc3ccccn23)cn1.COc1ccc(NC(=O)C(=O)c2c(-c3cccnc3)cc3ccccn23)cn1.COc1ccc(NC(=O)C(=O)c2c(-c3ccncc3)cc3ccccn23)cn1.COc1ccccc1SC(=O)C(=O)c1c(-c2ccccc2)cc2ccccn12.O=C(Nc1ccc(O)cc1)C(=O)c1c(-c2ccccc2)cc2ccccn12. The average Bonchev–Trinajstić information content (AvgIpc) is 1.65. The number of anilines is 4. The van der Waals surface area contributed by atoms with Gasteiger partial charge in [0.2, 0.25) is 17.6 Å². The summed E-state index contributed by atoms with van der Waals surface area (Å²) in [5.41, 5.74) is 14.6. The van der Waals surface area contributed by atoms with Crippen LogP contribution in [0.15, 0.2) is 395 Å². The van der Waals surface area contributed by atoms with Crippen molar-refractivity contribution in [3.05, 3.63) is 418 Å². The third kappa shape index (κ3) is 21.5. The van der Waals surface area contributed by atoms with E-state index in [0.29, 0.717) is 96.1 Å². The normalized spacial score (nSPS) is 10.6. The fourth-order valence-electron chi connectivity index (χ4n) is 15.1. The molecule has 31 heteroatoms. The van der Waals surface area contributed by atoms with E-state index in [1.54, 1.807) is 176 Å². The van der Waals surface area contributed by atoms with Crippen molar-refractivity contribution in [2.75, 3.05) is 49.7 Å². The van der Waals surface area contributed by atoms with Gasteiger partial charge in [0.25, 0.3) is 57.7 Å². The summed E-state index contributed by atoms with van der Waals surface area (Å²) in [5, 5.41) is 19.2. The second-order valence-corrected chi connectivity index (χ2v) is 31.3. The number of Topliss-reactive ketones (excluding diaryl/α,β-unsaturated/α-hetero) is 5. The van der Waals surface area contributed by atoms with E-state index >= 15 is 0 Å². The standard InChI is InChI=1S/C23H17NO3S.C22H16N2O3.3C21H16N4O3/c1-27-19-12-5-6-13-20(19)28-23(26)22(25)21-18(16-9-3-2-4-10-16)15-17-11-7-8-14-24(17)21;25-18-11-9-16(10-12-18)23-22(27)21(26)20-19(15-6-2-1-3-7-15)14-17-8-4-5-13-24(17)20;1-28-18-9-8-14(13-23-18)24-21(27)20(26)19-16(17-7-2-4-10-22-17)12-15-6-3-5-11-25(15)19;1-28-18-8-7-15(13-23-18)24-21(27)20(26)19-17(14-5-4-9-22-12-14)11-16-6-2-3-10-25(16)19;1-28-18-6-5-15(13-23-18)24-21(27)20(26)19-17(14-7-9-22-10-8-14)12-16-4-2-3-11-25(16)19/h2-15H,1H3;1-14,25H,(H,23,27);3*2-13H,1H3,(H,24,27). The first-order valence-electron chi connectivity index (χ1n) is 42.8. The van der Waals surface area contributed by atoms with E-state index < -0.39 is 57.7 Å². The van der Waals surface area contributed by atoms with Crippen LogP contribution in [0.5, 0.6) is 29.1 Å². The molecule has 0 radical (unpaired) electrons. The molecule has 0 spiro atoms. The Hall–Kier alpha value is -19.2. The molecule has 0 fully saturated rings. The zero-order valence-electron chi connectivity index (χ0n) is 74.4. The fourth-order valence-corrected chi connectivity index (χ4v) is 15.8. The van der Waals surface area contributed by atoms with Crippen LogP contribution in [0.4, 0.5) is 22.7 Å². The highest BCUT2D eigenvalue weighted by Gasteiger charge is 2.32. The minimum absolute atomic E-state index is 0.0864. The van der Waals surface area contributed by atoms with Gasteiger partial charge in [0.15, 0.2) is 0 Å². The van der Waals surface area contributed by atoms with E-state index in [2.05, 4.69) is 51.2 Å². The van der Waals surface area contributed by atoms with Gasteiger partial charge in [0.05, 0.1) is 74.7 Å². The molecule has 20 rings (SSSR count). The van der Waals surface area contributed by atoms with E-state index in [4.69, 9.17) is 18.9 Å². The van der Waals surface area contributed by atoms with Crippen molar-refractivity contribution >= 4 is 120 Å². The Morgan fingerprint density at radius 3 is 0.986 bits per heavy atom. The number of aromatic nitrogens is 11. The molecule has 0 aliphatic carbocycles. The number of pyridine rings is 11. The topological polar surface area (TPSA) is 375 Å². The summed E-state index contributed by atoms with van der Waals surface area (Å²) in [6.45, 7) is 0. The number of phenolic OH excluding ortho intramolecular Hbond substituents is 1. The van der Waals surface area contributed by atoms with Gasteiger partial charge in [-0.3, -0.25) is 62.9 Å². The molecule has 5 N–H and O–H groups in total. The second-order valence-electron chi connectivity index (χ2n) is 30.3. The number of aromatic hydroxyl groups is 1. The maximum absolute atomic E-state index is 13.2.